The predicted octanol–water partition coefficient (Wildman–Crippen LogP) is 3.15. The minimum Gasteiger partial charge on any atom is -0.371 e. The Bertz CT molecular complexity index is 354. The molecule has 0 radical (unpaired) electrons. The van der Waals surface area contributed by atoms with Gasteiger partial charge < -0.3 is 4.74 Å². The Morgan fingerprint density at radius 2 is 2.06 bits per heavy atom. The molecule has 0 aliphatic heterocycles. The number of hydrogen-bond donors (Lipinski definition) is 0. The van der Waals surface area contributed by atoms with Crippen molar-refractivity contribution < 1.29 is 9.53 Å². The molecule has 1 aliphatic rings. The zero-order chi connectivity index (χ0) is 11.4. The van der Waals surface area contributed by atoms with E-state index in [9.17, 15) is 4.79 Å². The van der Waals surface area contributed by atoms with E-state index in [1.807, 2.05) is 0 Å². The standard InChI is InChI=1S/C12H17NO2S/c1-15-12(6-4-2-3-5-7-12)11-13-8-10(9-14)16-11/h8-9H,2-7H2,1H3. The fraction of sp³-hybridized carbons (Fsp3) is 0.667. The fourth-order valence-corrected chi connectivity index (χ4v) is 3.31. The van der Waals surface area contributed by atoms with Gasteiger partial charge in [-0.15, -0.1) is 11.3 Å². The van der Waals surface area contributed by atoms with E-state index in [0.717, 1.165) is 24.1 Å². The number of methoxy groups -OCH3 is 1. The summed E-state index contributed by atoms with van der Waals surface area (Å²) < 4.78 is 5.73. The smallest absolute Gasteiger partial charge is 0.161 e. The number of rotatable bonds is 3. The molecule has 0 unspecified atom stereocenters. The van der Waals surface area contributed by atoms with E-state index >= 15 is 0 Å². The summed E-state index contributed by atoms with van der Waals surface area (Å²) in [5, 5.41) is 0.971. The molecule has 1 fully saturated rings. The molecule has 16 heavy (non-hydrogen) atoms. The van der Waals surface area contributed by atoms with E-state index in [4.69, 9.17) is 4.74 Å². The van der Waals surface area contributed by atoms with Crippen molar-refractivity contribution in [3.05, 3.63) is 16.1 Å². The molecule has 88 valence electrons. The maximum atomic E-state index is 10.7. The highest BCUT2D eigenvalue weighted by Crippen LogP contribution is 2.40. The summed E-state index contributed by atoms with van der Waals surface area (Å²) in [5.74, 6) is 0. The van der Waals surface area contributed by atoms with Gasteiger partial charge in [-0.3, -0.25) is 4.79 Å². The molecule has 1 heterocycles. The first-order valence-corrected chi connectivity index (χ1v) is 6.59. The Balaban J connectivity index is 2.27. The third-order valence-electron chi connectivity index (χ3n) is 3.33. The topological polar surface area (TPSA) is 39.2 Å². The summed E-state index contributed by atoms with van der Waals surface area (Å²) in [6.07, 6.45) is 9.48. The molecule has 0 bridgehead atoms. The van der Waals surface area contributed by atoms with Gasteiger partial charge in [0.05, 0.1) is 4.88 Å². The number of nitrogens with zero attached hydrogens (tertiary/aromatic N) is 1. The van der Waals surface area contributed by atoms with Crippen LogP contribution in [0.2, 0.25) is 0 Å². The molecule has 1 saturated carbocycles. The monoisotopic (exact) mass is 239 g/mol. The van der Waals surface area contributed by atoms with Crippen molar-refractivity contribution in [3.8, 4) is 0 Å². The molecule has 0 spiro atoms. The second-order valence-corrected chi connectivity index (χ2v) is 5.36. The highest BCUT2D eigenvalue weighted by Gasteiger charge is 2.35. The van der Waals surface area contributed by atoms with Gasteiger partial charge in [0.15, 0.2) is 6.29 Å². The molecule has 1 aromatic rings. The van der Waals surface area contributed by atoms with Crippen LogP contribution in [0.1, 0.15) is 53.2 Å². The van der Waals surface area contributed by atoms with Crippen molar-refractivity contribution in [1.82, 2.24) is 4.98 Å². The lowest BCUT2D eigenvalue weighted by Crippen LogP contribution is -2.27. The third kappa shape index (κ3) is 2.18. The SMILES string of the molecule is COC1(c2ncc(C=O)s2)CCCCCC1. The van der Waals surface area contributed by atoms with Crippen molar-refractivity contribution in [2.45, 2.75) is 44.1 Å². The molecule has 0 saturated heterocycles. The van der Waals surface area contributed by atoms with Gasteiger partial charge in [0, 0.05) is 13.3 Å². The lowest BCUT2D eigenvalue weighted by molar-refractivity contribution is -0.0279. The van der Waals surface area contributed by atoms with Crippen molar-refractivity contribution in [1.29, 1.82) is 0 Å². The summed E-state index contributed by atoms with van der Waals surface area (Å²) in [5.41, 5.74) is -0.234. The normalized spacial score (nSPS) is 20.3. The van der Waals surface area contributed by atoms with Crippen LogP contribution < -0.4 is 0 Å². The Morgan fingerprint density at radius 1 is 1.38 bits per heavy atom. The molecular weight excluding hydrogens is 222 g/mol. The first-order valence-electron chi connectivity index (χ1n) is 5.77. The maximum Gasteiger partial charge on any atom is 0.161 e. The average Bonchev–Trinajstić information content (AvgIpc) is 2.68. The molecule has 1 aromatic heterocycles. The van der Waals surface area contributed by atoms with E-state index in [2.05, 4.69) is 4.98 Å². The predicted molar refractivity (Wildman–Crippen MR) is 63.9 cm³/mol. The van der Waals surface area contributed by atoms with Gasteiger partial charge in [-0.05, 0) is 12.8 Å². The summed E-state index contributed by atoms with van der Waals surface area (Å²) in [6.45, 7) is 0. The number of aldehydes is 1. The Kier molecular flexibility index (Phi) is 3.71. The molecule has 0 atom stereocenters. The number of carbonyl (C=O) groups is 1. The molecule has 0 aromatic carbocycles. The van der Waals surface area contributed by atoms with Gasteiger partial charge in [0.1, 0.15) is 10.6 Å². The molecule has 3 nitrogen and oxygen atoms in total. The van der Waals surface area contributed by atoms with Gasteiger partial charge >= 0.3 is 0 Å². The molecule has 1 aliphatic carbocycles. The number of hydrogen-bond acceptors (Lipinski definition) is 4. The minimum absolute atomic E-state index is 0.234. The largest absolute Gasteiger partial charge is 0.371 e. The Labute approximate surface area is 99.8 Å². The van der Waals surface area contributed by atoms with Crippen LogP contribution in [-0.4, -0.2) is 18.4 Å². The van der Waals surface area contributed by atoms with E-state index in [0.29, 0.717) is 4.88 Å². The van der Waals surface area contributed by atoms with Crippen molar-refractivity contribution in [2.24, 2.45) is 0 Å². The summed E-state index contributed by atoms with van der Waals surface area (Å²) in [4.78, 5) is 15.7. The average molecular weight is 239 g/mol. The van der Waals surface area contributed by atoms with E-state index in [1.54, 1.807) is 13.3 Å². The van der Waals surface area contributed by atoms with E-state index in [-0.39, 0.29) is 5.60 Å². The number of ether oxygens (including phenoxy) is 1. The zero-order valence-corrected chi connectivity index (χ0v) is 10.4. The van der Waals surface area contributed by atoms with Gasteiger partial charge in [-0.1, -0.05) is 25.7 Å². The summed E-state index contributed by atoms with van der Waals surface area (Å²) in [6, 6.07) is 0. The van der Waals surface area contributed by atoms with Gasteiger partial charge in [0.2, 0.25) is 0 Å². The lowest BCUT2D eigenvalue weighted by Gasteiger charge is -2.28. The molecule has 2 rings (SSSR count). The first kappa shape index (κ1) is 11.7. The van der Waals surface area contributed by atoms with Crippen LogP contribution in [0.5, 0.6) is 0 Å². The van der Waals surface area contributed by atoms with Crippen LogP contribution in [0.15, 0.2) is 6.20 Å². The highest BCUT2D eigenvalue weighted by molar-refractivity contribution is 7.13. The van der Waals surface area contributed by atoms with Crippen LogP contribution in [0.25, 0.3) is 0 Å². The maximum absolute atomic E-state index is 10.7. The molecule has 4 heteroatoms. The Morgan fingerprint density at radius 3 is 2.56 bits per heavy atom. The van der Waals surface area contributed by atoms with Crippen molar-refractivity contribution in [2.75, 3.05) is 7.11 Å². The van der Waals surface area contributed by atoms with Crippen molar-refractivity contribution >= 4 is 17.6 Å². The van der Waals surface area contributed by atoms with E-state index in [1.165, 1.54) is 37.0 Å². The minimum atomic E-state index is -0.234. The van der Waals surface area contributed by atoms with Gasteiger partial charge in [0.25, 0.3) is 0 Å². The number of thiazole rings is 1. The molecule has 0 N–H and O–H groups in total. The second kappa shape index (κ2) is 5.06. The fourth-order valence-electron chi connectivity index (χ4n) is 2.36. The van der Waals surface area contributed by atoms with Crippen LogP contribution in [0, 0.1) is 0 Å². The number of carbonyl (C=O) groups excluding carboxylic acids is 1. The quantitative estimate of drug-likeness (QED) is 0.601. The molecular formula is C12H17NO2S. The van der Waals surface area contributed by atoms with Crippen LogP contribution in [-0.2, 0) is 10.3 Å². The number of aromatic nitrogens is 1. The summed E-state index contributed by atoms with van der Waals surface area (Å²) >= 11 is 1.47. The highest BCUT2D eigenvalue weighted by atomic mass is 32.1. The van der Waals surface area contributed by atoms with Crippen LogP contribution in [0.3, 0.4) is 0 Å². The molecule has 0 amide bonds. The zero-order valence-electron chi connectivity index (χ0n) is 9.57. The van der Waals surface area contributed by atoms with Gasteiger partial charge in [-0.25, -0.2) is 4.98 Å². The summed E-state index contributed by atoms with van der Waals surface area (Å²) in [7, 11) is 1.76. The first-order chi connectivity index (χ1) is 7.80. The van der Waals surface area contributed by atoms with Crippen molar-refractivity contribution in [3.63, 3.8) is 0 Å². The third-order valence-corrected chi connectivity index (χ3v) is 4.44. The van der Waals surface area contributed by atoms with E-state index < -0.39 is 0 Å². The second-order valence-electron chi connectivity index (χ2n) is 4.30. The van der Waals surface area contributed by atoms with Crippen LogP contribution in [0.4, 0.5) is 0 Å². The Hall–Kier alpha value is -0.740. The lowest BCUT2D eigenvalue weighted by atomic mass is 9.95. The van der Waals surface area contributed by atoms with Gasteiger partial charge in [-0.2, -0.15) is 0 Å². The van der Waals surface area contributed by atoms with Crippen LogP contribution >= 0.6 is 11.3 Å².